The molecule has 2 heterocycles. The fourth-order valence-corrected chi connectivity index (χ4v) is 4.53. The summed E-state index contributed by atoms with van der Waals surface area (Å²) >= 11 is 8.67. The Hall–Kier alpha value is -2.27. The summed E-state index contributed by atoms with van der Waals surface area (Å²) in [5.41, 5.74) is 0.899. The van der Waals surface area contributed by atoms with Crippen LogP contribution in [-0.2, 0) is 16.1 Å². The van der Waals surface area contributed by atoms with Crippen molar-refractivity contribution in [1.29, 1.82) is 0 Å². The van der Waals surface area contributed by atoms with Gasteiger partial charge in [-0.3, -0.25) is 14.2 Å². The smallest absolute Gasteiger partial charge is 0.272 e. The van der Waals surface area contributed by atoms with Gasteiger partial charge in [0.15, 0.2) is 5.16 Å². The zero-order valence-corrected chi connectivity index (χ0v) is 18.9. The zero-order valence-electron chi connectivity index (χ0n) is 16.6. The number of halogens is 1. The Morgan fingerprint density at radius 1 is 1.27 bits per heavy atom. The number of hydrogen-bond donors (Lipinski definition) is 1. The number of anilines is 1. The third kappa shape index (κ3) is 4.89. The minimum Gasteiger partial charge on any atom is -0.495 e. The third-order valence-corrected chi connectivity index (χ3v) is 6.29. The van der Waals surface area contributed by atoms with Gasteiger partial charge in [0, 0.05) is 13.2 Å². The fraction of sp³-hybridized carbons (Fsp3) is 0.316. The molecule has 160 valence electrons. The maximum absolute atomic E-state index is 12.8. The van der Waals surface area contributed by atoms with Crippen molar-refractivity contribution < 1.29 is 19.0 Å². The van der Waals surface area contributed by atoms with Gasteiger partial charge >= 0.3 is 0 Å². The van der Waals surface area contributed by atoms with Crippen LogP contribution in [0.4, 0.5) is 5.69 Å². The Bertz CT molecular complexity index is 1120. The summed E-state index contributed by atoms with van der Waals surface area (Å²) in [6.45, 7) is 0.710. The Morgan fingerprint density at radius 2 is 2.03 bits per heavy atom. The van der Waals surface area contributed by atoms with Crippen LogP contribution in [0.2, 0.25) is 5.02 Å². The number of amides is 1. The molecule has 1 N–H and O–H groups in total. The summed E-state index contributed by atoms with van der Waals surface area (Å²) < 4.78 is 17.7. The molecule has 0 saturated heterocycles. The number of carbonyl (C=O) groups is 1. The third-order valence-electron chi connectivity index (χ3n) is 4.13. The van der Waals surface area contributed by atoms with Crippen molar-refractivity contribution >= 4 is 56.5 Å². The van der Waals surface area contributed by atoms with Crippen LogP contribution in [0, 0.1) is 0 Å². The van der Waals surface area contributed by atoms with Gasteiger partial charge in [0.05, 0.1) is 49.4 Å². The van der Waals surface area contributed by atoms with Crippen LogP contribution in [0.1, 0.15) is 0 Å². The lowest BCUT2D eigenvalue weighted by molar-refractivity contribution is -0.113. The maximum Gasteiger partial charge on any atom is 0.272 e. The summed E-state index contributed by atoms with van der Waals surface area (Å²) in [5, 5.41) is 5.39. The monoisotopic (exact) mass is 469 g/mol. The lowest BCUT2D eigenvalue weighted by Crippen LogP contribution is -2.25. The van der Waals surface area contributed by atoms with Crippen LogP contribution >= 0.6 is 34.7 Å². The highest BCUT2D eigenvalue weighted by Crippen LogP contribution is 2.36. The molecule has 0 aliphatic carbocycles. The van der Waals surface area contributed by atoms with Gasteiger partial charge < -0.3 is 19.5 Å². The quantitative estimate of drug-likeness (QED) is 0.378. The first-order valence-electron chi connectivity index (χ1n) is 8.79. The minimum absolute atomic E-state index is 0.0435. The van der Waals surface area contributed by atoms with Gasteiger partial charge in [-0.1, -0.05) is 23.4 Å². The molecular formula is C19H20ClN3O5S2. The maximum atomic E-state index is 12.8. The van der Waals surface area contributed by atoms with Gasteiger partial charge in [-0.15, -0.1) is 11.3 Å². The van der Waals surface area contributed by atoms with E-state index < -0.39 is 0 Å². The number of rotatable bonds is 9. The first-order valence-corrected chi connectivity index (χ1v) is 11.0. The molecule has 0 atom stereocenters. The second-order valence-corrected chi connectivity index (χ2v) is 8.27. The van der Waals surface area contributed by atoms with Crippen molar-refractivity contribution in [3.63, 3.8) is 0 Å². The molecule has 1 amide bonds. The zero-order chi connectivity index (χ0) is 21.7. The predicted octanol–water partition coefficient (Wildman–Crippen LogP) is 3.51. The van der Waals surface area contributed by atoms with Gasteiger partial charge in [0.2, 0.25) is 5.91 Å². The van der Waals surface area contributed by atoms with Crippen LogP contribution < -0.4 is 20.3 Å². The number of carbonyl (C=O) groups excluding carboxylic acids is 1. The molecule has 0 aliphatic heterocycles. The number of fused-ring (bicyclic) bond motifs is 1. The van der Waals surface area contributed by atoms with Crippen LogP contribution in [-0.4, -0.2) is 49.1 Å². The predicted molar refractivity (Wildman–Crippen MR) is 120 cm³/mol. The highest BCUT2D eigenvalue weighted by Gasteiger charge is 2.16. The number of thioether (sulfide) groups is 1. The van der Waals surface area contributed by atoms with Crippen LogP contribution in [0.5, 0.6) is 11.5 Å². The van der Waals surface area contributed by atoms with E-state index in [0.29, 0.717) is 50.7 Å². The lowest BCUT2D eigenvalue weighted by Gasteiger charge is -2.14. The van der Waals surface area contributed by atoms with Gasteiger partial charge in [-0.25, -0.2) is 4.98 Å². The van der Waals surface area contributed by atoms with Gasteiger partial charge in [0.25, 0.3) is 5.56 Å². The molecule has 1 aromatic carbocycles. The van der Waals surface area contributed by atoms with Crippen molar-refractivity contribution in [2.75, 3.05) is 39.0 Å². The Morgan fingerprint density at radius 3 is 2.73 bits per heavy atom. The molecule has 3 rings (SSSR count). The normalized spacial score (nSPS) is 10.9. The number of nitrogens with one attached hydrogen (secondary N) is 1. The highest BCUT2D eigenvalue weighted by molar-refractivity contribution is 7.99. The van der Waals surface area contributed by atoms with Crippen LogP contribution in [0.25, 0.3) is 10.2 Å². The number of ether oxygens (including phenoxy) is 3. The van der Waals surface area contributed by atoms with Gasteiger partial charge in [-0.05, 0) is 17.5 Å². The second-order valence-electron chi connectivity index (χ2n) is 6.00. The molecule has 0 spiro atoms. The Labute approximate surface area is 186 Å². The van der Waals surface area contributed by atoms with E-state index in [1.165, 1.54) is 41.9 Å². The van der Waals surface area contributed by atoms with E-state index in [9.17, 15) is 9.59 Å². The summed E-state index contributed by atoms with van der Waals surface area (Å²) in [6, 6.07) is 4.95. The summed E-state index contributed by atoms with van der Waals surface area (Å²) in [6.07, 6.45) is 0. The minimum atomic E-state index is -0.294. The molecule has 3 aromatic rings. The highest BCUT2D eigenvalue weighted by atomic mass is 35.5. The van der Waals surface area contributed by atoms with Crippen molar-refractivity contribution in [3.05, 3.63) is 39.0 Å². The largest absolute Gasteiger partial charge is 0.495 e. The van der Waals surface area contributed by atoms with Crippen LogP contribution in [0.15, 0.2) is 33.5 Å². The SMILES string of the molecule is COCCn1c(SCC(=O)Nc2cc(Cl)c(OC)cc2OC)nc2ccsc2c1=O. The van der Waals surface area contributed by atoms with Crippen molar-refractivity contribution in [2.24, 2.45) is 0 Å². The number of nitrogens with zero attached hydrogens (tertiary/aromatic N) is 2. The summed E-state index contributed by atoms with van der Waals surface area (Å²) in [4.78, 5) is 29.8. The van der Waals surface area contributed by atoms with E-state index in [2.05, 4.69) is 10.3 Å². The average molecular weight is 470 g/mol. The van der Waals surface area contributed by atoms with Crippen molar-refractivity contribution in [3.8, 4) is 11.5 Å². The van der Waals surface area contributed by atoms with E-state index in [4.69, 9.17) is 25.8 Å². The molecule has 11 heteroatoms. The van der Waals surface area contributed by atoms with Crippen LogP contribution in [0.3, 0.4) is 0 Å². The molecule has 30 heavy (non-hydrogen) atoms. The summed E-state index contributed by atoms with van der Waals surface area (Å²) in [7, 11) is 4.55. The van der Waals surface area contributed by atoms with Crippen molar-refractivity contribution in [2.45, 2.75) is 11.7 Å². The number of benzene rings is 1. The van der Waals surface area contributed by atoms with Gasteiger partial charge in [0.1, 0.15) is 16.2 Å². The molecule has 8 nitrogen and oxygen atoms in total. The summed E-state index contributed by atoms with van der Waals surface area (Å²) in [5.74, 6) is 0.611. The lowest BCUT2D eigenvalue weighted by atomic mass is 10.2. The van der Waals surface area contributed by atoms with E-state index in [-0.39, 0.29) is 17.2 Å². The first-order chi connectivity index (χ1) is 14.5. The molecule has 0 fully saturated rings. The topological polar surface area (TPSA) is 91.7 Å². The molecule has 0 saturated carbocycles. The van der Waals surface area contributed by atoms with E-state index in [1.54, 1.807) is 25.3 Å². The second kappa shape index (κ2) is 10.2. The van der Waals surface area contributed by atoms with Gasteiger partial charge in [-0.2, -0.15) is 0 Å². The number of hydrogen-bond acceptors (Lipinski definition) is 8. The molecule has 0 bridgehead atoms. The molecule has 0 radical (unpaired) electrons. The van der Waals surface area contributed by atoms with E-state index in [1.807, 2.05) is 5.38 Å². The average Bonchev–Trinajstić information content (AvgIpc) is 3.21. The van der Waals surface area contributed by atoms with Crippen molar-refractivity contribution in [1.82, 2.24) is 9.55 Å². The number of thiophene rings is 1. The first kappa shape index (κ1) is 22.4. The fourth-order valence-electron chi connectivity index (χ4n) is 2.69. The Kier molecular flexibility index (Phi) is 7.59. The van der Waals surface area contributed by atoms with E-state index in [0.717, 1.165) is 0 Å². The van der Waals surface area contributed by atoms with E-state index >= 15 is 0 Å². The molecular weight excluding hydrogens is 450 g/mol. The Balaban J connectivity index is 1.78. The number of methoxy groups -OCH3 is 3. The molecule has 0 unspecified atom stereocenters. The number of aromatic nitrogens is 2. The molecule has 2 aromatic heterocycles. The standard InChI is InChI=1S/C19H20ClN3O5S2/c1-26-6-5-23-18(25)17-12(4-7-29-17)22-19(23)30-10-16(24)21-13-8-11(20)14(27-2)9-15(13)28-3/h4,7-9H,5-6,10H2,1-3H3,(H,21,24). The molecule has 0 aliphatic rings.